The maximum absolute atomic E-state index is 11.4. The molecule has 0 aromatic heterocycles. The highest BCUT2D eigenvalue weighted by Crippen LogP contribution is 2.14. The lowest BCUT2D eigenvalue weighted by atomic mass is 10.2. The number of benzene rings is 1. The van der Waals surface area contributed by atoms with Crippen LogP contribution in [0.5, 0.6) is 0 Å². The highest BCUT2D eigenvalue weighted by Gasteiger charge is 2.04. The van der Waals surface area contributed by atoms with Gasteiger partial charge in [-0.05, 0) is 24.1 Å². The monoisotopic (exact) mass is 251 g/mol. The second-order valence-corrected chi connectivity index (χ2v) is 4.32. The van der Waals surface area contributed by atoms with Gasteiger partial charge in [0.15, 0.2) is 0 Å². The molecule has 0 radical (unpaired) electrons. The molecule has 1 rings (SSSR count). The maximum Gasteiger partial charge on any atom is 0.306 e. The van der Waals surface area contributed by atoms with Crippen molar-refractivity contribution in [3.63, 3.8) is 0 Å². The van der Waals surface area contributed by atoms with Crippen molar-refractivity contribution in [3.8, 4) is 0 Å². The summed E-state index contributed by atoms with van der Waals surface area (Å²) in [6.45, 7) is 0.915. The summed E-state index contributed by atoms with van der Waals surface area (Å²) in [6, 6.07) is 7.95. The Morgan fingerprint density at radius 1 is 1.33 bits per heavy atom. The van der Waals surface area contributed by atoms with Gasteiger partial charge in [0.05, 0.1) is 0 Å². The Bertz CT molecular complexity index is 377. The van der Waals surface area contributed by atoms with Crippen molar-refractivity contribution >= 4 is 11.7 Å². The van der Waals surface area contributed by atoms with E-state index in [4.69, 9.17) is 9.47 Å². The first-order chi connectivity index (χ1) is 8.63. The van der Waals surface area contributed by atoms with Crippen LogP contribution < -0.4 is 4.90 Å². The molecule has 0 fully saturated rings. The lowest BCUT2D eigenvalue weighted by Gasteiger charge is -2.13. The van der Waals surface area contributed by atoms with E-state index in [2.05, 4.69) is 0 Å². The molecule has 0 aliphatic carbocycles. The van der Waals surface area contributed by atoms with E-state index in [1.807, 2.05) is 43.3 Å². The summed E-state index contributed by atoms with van der Waals surface area (Å²) in [5.41, 5.74) is 2.10. The molecular formula is C14H21NO3. The van der Waals surface area contributed by atoms with E-state index < -0.39 is 0 Å². The molecular weight excluding hydrogens is 230 g/mol. The van der Waals surface area contributed by atoms with Gasteiger partial charge in [-0.1, -0.05) is 12.1 Å². The Kier molecular flexibility index (Phi) is 6.22. The van der Waals surface area contributed by atoms with Gasteiger partial charge in [-0.3, -0.25) is 4.79 Å². The van der Waals surface area contributed by atoms with Crippen LogP contribution >= 0.6 is 0 Å². The van der Waals surface area contributed by atoms with Crippen molar-refractivity contribution in [2.45, 2.75) is 19.4 Å². The van der Waals surface area contributed by atoms with Gasteiger partial charge in [0.25, 0.3) is 0 Å². The highest BCUT2D eigenvalue weighted by atomic mass is 16.5. The van der Waals surface area contributed by atoms with Crippen LogP contribution in [0.4, 0.5) is 5.69 Å². The molecule has 0 aliphatic heterocycles. The molecule has 1 aromatic rings. The molecule has 0 unspecified atom stereocenters. The van der Waals surface area contributed by atoms with E-state index in [-0.39, 0.29) is 5.97 Å². The minimum atomic E-state index is -0.178. The fourth-order valence-electron chi connectivity index (χ4n) is 1.52. The normalized spacial score (nSPS) is 10.2. The van der Waals surface area contributed by atoms with Gasteiger partial charge in [0, 0.05) is 39.9 Å². The van der Waals surface area contributed by atoms with Crippen LogP contribution in [0.15, 0.2) is 24.3 Å². The Labute approximate surface area is 108 Å². The van der Waals surface area contributed by atoms with E-state index in [1.54, 1.807) is 7.11 Å². The summed E-state index contributed by atoms with van der Waals surface area (Å²) < 4.78 is 10.1. The zero-order chi connectivity index (χ0) is 13.4. The zero-order valence-electron chi connectivity index (χ0n) is 11.3. The van der Waals surface area contributed by atoms with Crippen molar-refractivity contribution in [3.05, 3.63) is 29.8 Å². The lowest BCUT2D eigenvalue weighted by molar-refractivity contribution is -0.145. The van der Waals surface area contributed by atoms with Crippen LogP contribution in [0.3, 0.4) is 0 Å². The van der Waals surface area contributed by atoms with Crippen LogP contribution in [0, 0.1) is 0 Å². The lowest BCUT2D eigenvalue weighted by Crippen LogP contribution is -2.09. The van der Waals surface area contributed by atoms with E-state index in [1.165, 1.54) is 0 Å². The minimum Gasteiger partial charge on any atom is -0.461 e. The molecule has 0 saturated heterocycles. The number of esters is 1. The van der Waals surface area contributed by atoms with E-state index >= 15 is 0 Å². The van der Waals surface area contributed by atoms with Gasteiger partial charge < -0.3 is 14.4 Å². The number of methoxy groups -OCH3 is 1. The van der Waals surface area contributed by atoms with Gasteiger partial charge in [-0.25, -0.2) is 0 Å². The first-order valence-electron chi connectivity index (χ1n) is 6.04. The minimum absolute atomic E-state index is 0.178. The van der Waals surface area contributed by atoms with Crippen LogP contribution in [0.1, 0.15) is 18.4 Å². The van der Waals surface area contributed by atoms with Crippen LogP contribution in [-0.4, -0.2) is 33.8 Å². The molecule has 4 heteroatoms. The first kappa shape index (κ1) is 14.5. The zero-order valence-corrected chi connectivity index (χ0v) is 11.3. The summed E-state index contributed by atoms with van der Waals surface area (Å²) in [5, 5.41) is 0. The Hall–Kier alpha value is -1.55. The molecule has 0 saturated carbocycles. The molecule has 4 nitrogen and oxygen atoms in total. The molecule has 0 spiro atoms. The van der Waals surface area contributed by atoms with E-state index in [9.17, 15) is 4.79 Å². The molecule has 0 heterocycles. The van der Waals surface area contributed by atoms with Crippen molar-refractivity contribution in [2.75, 3.05) is 32.7 Å². The molecule has 100 valence electrons. The number of hydrogen-bond acceptors (Lipinski definition) is 4. The molecule has 0 atom stereocenters. The van der Waals surface area contributed by atoms with Gasteiger partial charge in [-0.15, -0.1) is 0 Å². The largest absolute Gasteiger partial charge is 0.461 e. The smallest absolute Gasteiger partial charge is 0.306 e. The molecule has 0 N–H and O–H groups in total. The maximum atomic E-state index is 11.4. The number of hydrogen-bond donors (Lipinski definition) is 0. The van der Waals surface area contributed by atoms with Gasteiger partial charge >= 0.3 is 5.97 Å². The molecule has 1 aromatic carbocycles. The second kappa shape index (κ2) is 7.71. The third-order valence-electron chi connectivity index (χ3n) is 2.56. The number of carbonyl (C=O) groups is 1. The van der Waals surface area contributed by atoms with Gasteiger partial charge in [0.2, 0.25) is 0 Å². The third kappa shape index (κ3) is 5.19. The number of rotatable bonds is 7. The quantitative estimate of drug-likeness (QED) is 0.550. The number of carbonyl (C=O) groups excluding carboxylic acids is 1. The average molecular weight is 251 g/mol. The summed E-state index contributed by atoms with van der Waals surface area (Å²) in [4.78, 5) is 13.4. The summed E-state index contributed by atoms with van der Waals surface area (Å²) in [6.07, 6.45) is 1.11. The topological polar surface area (TPSA) is 38.8 Å². The third-order valence-corrected chi connectivity index (χ3v) is 2.56. The second-order valence-electron chi connectivity index (χ2n) is 4.32. The standard InChI is InChI=1S/C14H21NO3/c1-15(2)13-7-4-6-12(10-13)11-18-14(16)8-5-9-17-3/h4,6-7,10H,5,8-9,11H2,1-3H3. The fraction of sp³-hybridized carbons (Fsp3) is 0.500. The predicted octanol–water partition coefficient (Wildman–Crippen LogP) is 2.22. The molecule has 18 heavy (non-hydrogen) atoms. The van der Waals surface area contributed by atoms with Crippen LogP contribution in [0.2, 0.25) is 0 Å². The van der Waals surface area contributed by atoms with Crippen LogP contribution in [-0.2, 0) is 20.9 Å². The van der Waals surface area contributed by atoms with Crippen molar-refractivity contribution < 1.29 is 14.3 Å². The molecule has 0 aliphatic rings. The number of nitrogens with zero attached hydrogens (tertiary/aromatic N) is 1. The summed E-state index contributed by atoms with van der Waals surface area (Å²) >= 11 is 0. The summed E-state index contributed by atoms with van der Waals surface area (Å²) in [5.74, 6) is -0.178. The van der Waals surface area contributed by atoms with Crippen LogP contribution in [0.25, 0.3) is 0 Å². The van der Waals surface area contributed by atoms with Gasteiger partial charge in [0.1, 0.15) is 6.61 Å². The highest BCUT2D eigenvalue weighted by molar-refractivity contribution is 5.69. The molecule has 0 amide bonds. The SMILES string of the molecule is COCCCC(=O)OCc1cccc(N(C)C)c1. The van der Waals surface area contributed by atoms with Crippen molar-refractivity contribution in [1.29, 1.82) is 0 Å². The Morgan fingerprint density at radius 2 is 2.11 bits per heavy atom. The Balaban J connectivity index is 2.38. The van der Waals surface area contributed by atoms with Crippen molar-refractivity contribution in [2.24, 2.45) is 0 Å². The average Bonchev–Trinajstić information content (AvgIpc) is 2.37. The predicted molar refractivity (Wildman–Crippen MR) is 71.7 cm³/mol. The Morgan fingerprint density at radius 3 is 2.78 bits per heavy atom. The number of anilines is 1. The first-order valence-corrected chi connectivity index (χ1v) is 6.04. The van der Waals surface area contributed by atoms with Gasteiger partial charge in [-0.2, -0.15) is 0 Å². The van der Waals surface area contributed by atoms with Crippen molar-refractivity contribution in [1.82, 2.24) is 0 Å². The van der Waals surface area contributed by atoms with E-state index in [0.717, 1.165) is 11.3 Å². The summed E-state index contributed by atoms with van der Waals surface area (Å²) in [7, 11) is 5.59. The van der Waals surface area contributed by atoms with E-state index in [0.29, 0.717) is 26.1 Å². The molecule has 0 bridgehead atoms. The fourth-order valence-corrected chi connectivity index (χ4v) is 1.52. The number of ether oxygens (including phenoxy) is 2.